The minimum absolute atomic E-state index is 0.112. The van der Waals surface area contributed by atoms with Crippen LogP contribution in [0.5, 0.6) is 0 Å². The first-order valence-electron chi connectivity index (χ1n) is 6.43. The van der Waals surface area contributed by atoms with Crippen LogP contribution in [0.1, 0.15) is 32.4 Å². The van der Waals surface area contributed by atoms with Gasteiger partial charge in [0.25, 0.3) is 11.6 Å². The molecule has 1 heterocycles. The molecule has 0 amide bonds. The summed E-state index contributed by atoms with van der Waals surface area (Å²) in [6.07, 6.45) is 0. The molecule has 1 aromatic heterocycles. The molecule has 0 aliphatic heterocycles. The number of hydrogen-bond donors (Lipinski definition) is 1. The molecule has 5 nitrogen and oxygen atoms in total. The number of benzene rings is 2. The van der Waals surface area contributed by atoms with Gasteiger partial charge in [0, 0.05) is 16.2 Å². The second kappa shape index (κ2) is 5.50. The molecule has 3 rings (SSSR count). The molecule has 0 aliphatic rings. The lowest BCUT2D eigenvalue weighted by Gasteiger charge is -1.93. The average molecular weight is 278 g/mol. The summed E-state index contributed by atoms with van der Waals surface area (Å²) < 4.78 is 0. The van der Waals surface area contributed by atoms with Crippen molar-refractivity contribution in [2.45, 2.75) is 0 Å². The van der Waals surface area contributed by atoms with Crippen LogP contribution < -0.4 is 4.98 Å². The third-order valence-electron chi connectivity index (χ3n) is 3.04. The van der Waals surface area contributed by atoms with Crippen LogP contribution in [0.15, 0.2) is 60.7 Å². The number of carbonyl (C=O) groups excluding carboxylic acids is 2. The summed E-state index contributed by atoms with van der Waals surface area (Å²) in [7, 11) is 0. The summed E-state index contributed by atoms with van der Waals surface area (Å²) in [6, 6.07) is 17.6. The fourth-order valence-corrected chi connectivity index (χ4v) is 1.96. The Kier molecular flexibility index (Phi) is 3.39. The Morgan fingerprint density at radius 3 is 1.90 bits per heavy atom. The summed E-state index contributed by atoms with van der Waals surface area (Å²) in [4.78, 5) is 27.1. The molecular weight excluding hydrogens is 266 g/mol. The van der Waals surface area contributed by atoms with Gasteiger partial charge in [-0.1, -0.05) is 60.7 Å². The van der Waals surface area contributed by atoms with Gasteiger partial charge in [-0.05, 0) is 0 Å². The van der Waals surface area contributed by atoms with Gasteiger partial charge >= 0.3 is 11.6 Å². The van der Waals surface area contributed by atoms with Crippen LogP contribution in [-0.2, 0) is 0 Å². The highest BCUT2D eigenvalue weighted by atomic mass is 16.1. The van der Waals surface area contributed by atoms with Crippen LogP contribution in [-0.4, -0.2) is 21.8 Å². The number of ketones is 2. The highest BCUT2D eigenvalue weighted by Gasteiger charge is 2.24. The maximum Gasteiger partial charge on any atom is 0.347 e. The molecule has 102 valence electrons. The fraction of sp³-hybridized carbons (Fsp3) is 0. The Morgan fingerprint density at radius 2 is 1.33 bits per heavy atom. The van der Waals surface area contributed by atoms with Crippen LogP contribution in [0.3, 0.4) is 0 Å². The third-order valence-corrected chi connectivity index (χ3v) is 3.04. The van der Waals surface area contributed by atoms with Crippen LogP contribution in [0.4, 0.5) is 0 Å². The molecule has 2 aromatic carbocycles. The normalized spacial score (nSPS) is 10.3. The van der Waals surface area contributed by atoms with E-state index in [0.717, 1.165) is 0 Å². The van der Waals surface area contributed by atoms with Crippen LogP contribution in [0.2, 0.25) is 0 Å². The van der Waals surface area contributed by atoms with E-state index >= 15 is 0 Å². The van der Waals surface area contributed by atoms with Crippen LogP contribution in [0.25, 0.3) is 0 Å². The largest absolute Gasteiger partial charge is 0.347 e. The van der Waals surface area contributed by atoms with E-state index in [1.807, 2.05) is 12.1 Å². The molecule has 0 fully saturated rings. The number of aromatic amines is 2. The SMILES string of the molecule is O=C(c1ccccc1)c1n[nH]c(C(=O)c2ccccc2)[nH+]1. The monoisotopic (exact) mass is 278 g/mol. The van der Waals surface area contributed by atoms with E-state index in [1.54, 1.807) is 48.5 Å². The van der Waals surface area contributed by atoms with E-state index in [4.69, 9.17) is 0 Å². The smallest absolute Gasteiger partial charge is 0.282 e. The van der Waals surface area contributed by atoms with Gasteiger partial charge in [0.05, 0.1) is 0 Å². The summed E-state index contributed by atoms with van der Waals surface area (Å²) >= 11 is 0. The lowest BCUT2D eigenvalue weighted by molar-refractivity contribution is -0.385. The van der Waals surface area contributed by atoms with Crippen molar-refractivity contribution in [3.05, 3.63) is 83.4 Å². The van der Waals surface area contributed by atoms with E-state index < -0.39 is 0 Å². The van der Waals surface area contributed by atoms with E-state index in [0.29, 0.717) is 11.1 Å². The number of carbonyl (C=O) groups is 2. The van der Waals surface area contributed by atoms with Crippen molar-refractivity contribution < 1.29 is 14.6 Å². The van der Waals surface area contributed by atoms with Gasteiger partial charge in [-0.3, -0.25) is 9.59 Å². The highest BCUT2D eigenvalue weighted by Crippen LogP contribution is 2.06. The topological polar surface area (TPSA) is 77.0 Å². The number of hydrogen-bond acceptors (Lipinski definition) is 3. The molecule has 0 saturated carbocycles. The Labute approximate surface area is 120 Å². The molecule has 0 saturated heterocycles. The second-order valence-corrected chi connectivity index (χ2v) is 4.46. The van der Waals surface area contributed by atoms with E-state index in [-0.39, 0.29) is 23.2 Å². The molecule has 21 heavy (non-hydrogen) atoms. The zero-order chi connectivity index (χ0) is 14.7. The van der Waals surface area contributed by atoms with Crippen molar-refractivity contribution in [2.75, 3.05) is 0 Å². The van der Waals surface area contributed by atoms with Crippen LogP contribution >= 0.6 is 0 Å². The van der Waals surface area contributed by atoms with Gasteiger partial charge in [-0.2, -0.15) is 0 Å². The Balaban J connectivity index is 1.87. The maximum absolute atomic E-state index is 12.2. The van der Waals surface area contributed by atoms with Gasteiger partial charge in [0.15, 0.2) is 0 Å². The Bertz CT molecular complexity index is 714. The first-order valence-corrected chi connectivity index (χ1v) is 6.43. The van der Waals surface area contributed by atoms with Crippen molar-refractivity contribution in [3.8, 4) is 0 Å². The molecular formula is C16H12N3O2+. The lowest BCUT2D eigenvalue weighted by atomic mass is 10.1. The zero-order valence-corrected chi connectivity index (χ0v) is 11.0. The predicted molar refractivity (Wildman–Crippen MR) is 74.9 cm³/mol. The van der Waals surface area contributed by atoms with Crippen molar-refractivity contribution in [1.82, 2.24) is 10.2 Å². The number of aromatic nitrogens is 3. The number of rotatable bonds is 4. The minimum Gasteiger partial charge on any atom is -0.282 e. The van der Waals surface area contributed by atoms with Gasteiger partial charge in [-0.25, -0.2) is 4.98 Å². The average Bonchev–Trinajstić information content (AvgIpc) is 3.05. The standard InChI is InChI=1S/C16H11N3O2/c20-13(11-7-3-1-4-8-11)15-17-16(19-18-15)14(21)12-9-5-2-6-10-12/h1-10H,(H,17,18,19)/p+1. The molecule has 3 aromatic rings. The molecule has 2 N–H and O–H groups in total. The van der Waals surface area contributed by atoms with Crippen molar-refractivity contribution in [3.63, 3.8) is 0 Å². The first kappa shape index (κ1) is 12.9. The molecule has 5 heteroatoms. The summed E-state index contributed by atoms with van der Waals surface area (Å²) in [5.74, 6) is -0.213. The number of nitrogens with one attached hydrogen (secondary N) is 2. The third kappa shape index (κ3) is 2.62. The molecule has 0 atom stereocenters. The molecule has 0 aliphatic carbocycles. The maximum atomic E-state index is 12.2. The number of nitrogens with zero attached hydrogens (tertiary/aromatic N) is 1. The van der Waals surface area contributed by atoms with E-state index in [1.165, 1.54) is 0 Å². The van der Waals surface area contributed by atoms with Crippen LogP contribution in [0, 0.1) is 0 Å². The quantitative estimate of drug-likeness (QED) is 0.738. The minimum atomic E-state index is -0.265. The fourth-order valence-electron chi connectivity index (χ4n) is 1.96. The zero-order valence-electron chi connectivity index (χ0n) is 11.0. The van der Waals surface area contributed by atoms with Crippen molar-refractivity contribution in [2.24, 2.45) is 0 Å². The number of H-pyrrole nitrogens is 2. The van der Waals surface area contributed by atoms with Crippen molar-refractivity contribution in [1.29, 1.82) is 0 Å². The summed E-state index contributed by atoms with van der Waals surface area (Å²) in [6.45, 7) is 0. The Hall–Kier alpha value is -3.08. The second-order valence-electron chi connectivity index (χ2n) is 4.46. The Morgan fingerprint density at radius 1 is 0.810 bits per heavy atom. The molecule has 0 bridgehead atoms. The van der Waals surface area contributed by atoms with Gasteiger partial charge < -0.3 is 0 Å². The van der Waals surface area contributed by atoms with Gasteiger partial charge in [-0.15, -0.1) is 5.10 Å². The molecule has 0 unspecified atom stereocenters. The summed E-state index contributed by atoms with van der Waals surface area (Å²) in [5.41, 5.74) is 1.04. The highest BCUT2D eigenvalue weighted by molar-refractivity contribution is 6.07. The van der Waals surface area contributed by atoms with Gasteiger partial charge in [0.1, 0.15) is 0 Å². The molecule has 0 radical (unpaired) electrons. The predicted octanol–water partition coefficient (Wildman–Crippen LogP) is 1.69. The molecule has 0 spiro atoms. The van der Waals surface area contributed by atoms with E-state index in [9.17, 15) is 9.59 Å². The van der Waals surface area contributed by atoms with E-state index in [2.05, 4.69) is 15.2 Å². The first-order chi connectivity index (χ1) is 10.3. The lowest BCUT2D eigenvalue weighted by Crippen LogP contribution is -2.21. The van der Waals surface area contributed by atoms with Gasteiger partial charge in [0.2, 0.25) is 0 Å². The van der Waals surface area contributed by atoms with Crippen molar-refractivity contribution >= 4 is 11.6 Å². The summed E-state index contributed by atoms with van der Waals surface area (Å²) in [5, 5.41) is 6.47.